The maximum atomic E-state index is 10.4. The Bertz CT molecular complexity index is 558. The fraction of sp³-hybridized carbons (Fsp3) is 0.400. The third-order valence-electron chi connectivity index (χ3n) is 3.41. The second-order valence-electron chi connectivity index (χ2n) is 4.92. The molecule has 0 fully saturated rings. The van der Waals surface area contributed by atoms with Crippen molar-refractivity contribution in [2.45, 2.75) is 33.3 Å². The zero-order valence-electron chi connectivity index (χ0n) is 11.4. The van der Waals surface area contributed by atoms with E-state index >= 15 is 0 Å². The largest absolute Gasteiger partial charge is 0.388 e. The minimum Gasteiger partial charge on any atom is -0.388 e. The summed E-state index contributed by atoms with van der Waals surface area (Å²) >= 11 is 0. The van der Waals surface area contributed by atoms with Gasteiger partial charge in [0.15, 0.2) is 0 Å². The average molecular weight is 244 g/mol. The molecule has 0 saturated heterocycles. The summed E-state index contributed by atoms with van der Waals surface area (Å²) in [6.45, 7) is 6.01. The van der Waals surface area contributed by atoms with Crippen molar-refractivity contribution in [1.82, 2.24) is 9.78 Å². The van der Waals surface area contributed by atoms with Crippen LogP contribution in [0.5, 0.6) is 0 Å². The van der Waals surface area contributed by atoms with E-state index in [1.165, 1.54) is 5.56 Å². The summed E-state index contributed by atoms with van der Waals surface area (Å²) in [5, 5.41) is 14.7. The van der Waals surface area contributed by atoms with E-state index < -0.39 is 6.10 Å². The molecule has 2 rings (SSSR count). The predicted molar refractivity (Wildman–Crippen MR) is 72.5 cm³/mol. The van der Waals surface area contributed by atoms with Crippen LogP contribution in [0.2, 0.25) is 0 Å². The van der Waals surface area contributed by atoms with Crippen LogP contribution in [0.4, 0.5) is 0 Å². The number of aromatic nitrogens is 2. The molecule has 0 bridgehead atoms. The molecule has 3 nitrogen and oxygen atoms in total. The number of rotatable bonds is 3. The lowest BCUT2D eigenvalue weighted by molar-refractivity contribution is 0.177. The minimum atomic E-state index is -0.486. The molecule has 2 aromatic rings. The van der Waals surface area contributed by atoms with Gasteiger partial charge in [-0.05, 0) is 26.3 Å². The Kier molecular flexibility index (Phi) is 3.53. The van der Waals surface area contributed by atoms with Crippen molar-refractivity contribution in [3.05, 3.63) is 52.3 Å². The molecule has 3 heteroatoms. The highest BCUT2D eigenvalue weighted by Crippen LogP contribution is 2.24. The van der Waals surface area contributed by atoms with Crippen LogP contribution >= 0.6 is 0 Å². The van der Waals surface area contributed by atoms with Crippen molar-refractivity contribution in [2.24, 2.45) is 7.05 Å². The molecule has 0 radical (unpaired) electrons. The van der Waals surface area contributed by atoms with Crippen LogP contribution in [0.1, 0.15) is 34.2 Å². The van der Waals surface area contributed by atoms with Gasteiger partial charge in [0.2, 0.25) is 0 Å². The van der Waals surface area contributed by atoms with Crippen molar-refractivity contribution >= 4 is 0 Å². The van der Waals surface area contributed by atoms with E-state index in [4.69, 9.17) is 0 Å². The molecule has 0 spiro atoms. The summed E-state index contributed by atoms with van der Waals surface area (Å²) in [6.07, 6.45) is 0.148. The first-order valence-corrected chi connectivity index (χ1v) is 6.22. The van der Waals surface area contributed by atoms with Gasteiger partial charge in [-0.15, -0.1) is 0 Å². The molecular formula is C15H20N2O. The number of hydrogen-bond donors (Lipinski definition) is 1. The van der Waals surface area contributed by atoms with Gasteiger partial charge in [-0.25, -0.2) is 0 Å². The van der Waals surface area contributed by atoms with Crippen LogP contribution in [-0.2, 0) is 13.5 Å². The molecule has 1 unspecified atom stereocenters. The van der Waals surface area contributed by atoms with Gasteiger partial charge in [0.25, 0.3) is 0 Å². The van der Waals surface area contributed by atoms with Crippen molar-refractivity contribution in [3.63, 3.8) is 0 Å². The van der Waals surface area contributed by atoms with Gasteiger partial charge in [-0.3, -0.25) is 4.68 Å². The molecule has 1 aromatic carbocycles. The Morgan fingerprint density at radius 3 is 2.56 bits per heavy atom. The Morgan fingerprint density at radius 2 is 2.00 bits per heavy atom. The number of aliphatic hydroxyl groups excluding tert-OH is 1. The van der Waals surface area contributed by atoms with Crippen LogP contribution in [0.15, 0.2) is 24.3 Å². The van der Waals surface area contributed by atoms with Crippen LogP contribution in [0.3, 0.4) is 0 Å². The van der Waals surface area contributed by atoms with E-state index in [1.54, 1.807) is 0 Å². The number of hydrogen-bond acceptors (Lipinski definition) is 2. The zero-order valence-corrected chi connectivity index (χ0v) is 11.4. The highest BCUT2D eigenvalue weighted by molar-refractivity contribution is 5.30. The first-order chi connectivity index (χ1) is 8.49. The Labute approximate surface area is 108 Å². The minimum absolute atomic E-state index is 0.486. The SMILES string of the molecule is Cc1cccc(CC(O)c2c(C)nn(C)c2C)c1. The maximum absolute atomic E-state index is 10.4. The molecule has 96 valence electrons. The van der Waals surface area contributed by atoms with Gasteiger partial charge in [-0.1, -0.05) is 29.8 Å². The molecule has 1 N–H and O–H groups in total. The lowest BCUT2D eigenvalue weighted by atomic mass is 9.99. The average Bonchev–Trinajstić information content (AvgIpc) is 2.53. The lowest BCUT2D eigenvalue weighted by Crippen LogP contribution is -2.05. The lowest BCUT2D eigenvalue weighted by Gasteiger charge is -2.12. The van der Waals surface area contributed by atoms with E-state index in [2.05, 4.69) is 30.2 Å². The second kappa shape index (κ2) is 4.94. The van der Waals surface area contributed by atoms with Gasteiger partial charge < -0.3 is 5.11 Å². The van der Waals surface area contributed by atoms with Crippen LogP contribution in [0.25, 0.3) is 0 Å². The Hall–Kier alpha value is -1.61. The number of aliphatic hydroxyl groups is 1. The smallest absolute Gasteiger partial charge is 0.0866 e. The Balaban J connectivity index is 2.24. The first kappa shape index (κ1) is 12.8. The van der Waals surface area contributed by atoms with Gasteiger partial charge in [-0.2, -0.15) is 5.10 Å². The number of nitrogens with zero attached hydrogens (tertiary/aromatic N) is 2. The number of benzene rings is 1. The molecule has 0 amide bonds. The molecule has 0 aliphatic carbocycles. The fourth-order valence-electron chi connectivity index (χ4n) is 2.44. The topological polar surface area (TPSA) is 38.1 Å². The van der Waals surface area contributed by atoms with E-state index in [0.717, 1.165) is 22.5 Å². The molecule has 0 aliphatic rings. The normalized spacial score (nSPS) is 12.7. The van der Waals surface area contributed by atoms with Gasteiger partial charge in [0.1, 0.15) is 0 Å². The Morgan fingerprint density at radius 1 is 1.28 bits per heavy atom. The second-order valence-corrected chi connectivity index (χ2v) is 4.92. The summed E-state index contributed by atoms with van der Waals surface area (Å²) < 4.78 is 1.82. The fourth-order valence-corrected chi connectivity index (χ4v) is 2.44. The quantitative estimate of drug-likeness (QED) is 0.901. The predicted octanol–water partition coefficient (Wildman–Crippen LogP) is 2.62. The summed E-state index contributed by atoms with van der Waals surface area (Å²) in [5.41, 5.74) is 5.28. The van der Waals surface area contributed by atoms with E-state index in [0.29, 0.717) is 6.42 Å². The van der Waals surface area contributed by atoms with Gasteiger partial charge in [0.05, 0.1) is 11.8 Å². The maximum Gasteiger partial charge on any atom is 0.0866 e. The van der Waals surface area contributed by atoms with Crippen LogP contribution in [-0.4, -0.2) is 14.9 Å². The van der Waals surface area contributed by atoms with Gasteiger partial charge >= 0.3 is 0 Å². The van der Waals surface area contributed by atoms with E-state index in [-0.39, 0.29) is 0 Å². The van der Waals surface area contributed by atoms with Crippen molar-refractivity contribution < 1.29 is 5.11 Å². The molecule has 1 heterocycles. The number of aryl methyl sites for hydroxylation is 3. The molecule has 1 aromatic heterocycles. The van der Waals surface area contributed by atoms with Crippen LogP contribution < -0.4 is 0 Å². The third kappa shape index (κ3) is 2.46. The summed E-state index contributed by atoms with van der Waals surface area (Å²) in [6, 6.07) is 8.26. The summed E-state index contributed by atoms with van der Waals surface area (Å²) in [5.74, 6) is 0. The molecular weight excluding hydrogens is 224 g/mol. The highest BCUT2D eigenvalue weighted by atomic mass is 16.3. The summed E-state index contributed by atoms with van der Waals surface area (Å²) in [4.78, 5) is 0. The molecule has 18 heavy (non-hydrogen) atoms. The van der Waals surface area contributed by atoms with Crippen LogP contribution in [0, 0.1) is 20.8 Å². The molecule has 1 atom stereocenters. The first-order valence-electron chi connectivity index (χ1n) is 6.22. The monoisotopic (exact) mass is 244 g/mol. The standard InChI is InChI=1S/C15H20N2O/c1-10-6-5-7-13(8-10)9-14(18)15-11(2)16-17(4)12(15)3/h5-8,14,18H,9H2,1-4H3. The molecule has 0 aliphatic heterocycles. The van der Waals surface area contributed by atoms with Crippen molar-refractivity contribution in [3.8, 4) is 0 Å². The third-order valence-corrected chi connectivity index (χ3v) is 3.41. The zero-order chi connectivity index (χ0) is 13.3. The summed E-state index contributed by atoms with van der Waals surface area (Å²) in [7, 11) is 1.91. The van der Waals surface area contributed by atoms with Gasteiger partial charge in [0, 0.05) is 24.7 Å². The van der Waals surface area contributed by atoms with E-state index in [1.807, 2.05) is 31.6 Å². The molecule has 0 saturated carbocycles. The van der Waals surface area contributed by atoms with Crippen molar-refractivity contribution in [1.29, 1.82) is 0 Å². The highest BCUT2D eigenvalue weighted by Gasteiger charge is 2.18. The van der Waals surface area contributed by atoms with E-state index in [9.17, 15) is 5.11 Å². The van der Waals surface area contributed by atoms with Crippen molar-refractivity contribution in [2.75, 3.05) is 0 Å².